The molecule has 1 saturated heterocycles. The summed E-state index contributed by atoms with van der Waals surface area (Å²) in [5.41, 5.74) is 2.41. The van der Waals surface area contributed by atoms with Gasteiger partial charge >= 0.3 is 0 Å². The third kappa shape index (κ3) is 3.49. The first-order valence-corrected chi connectivity index (χ1v) is 7.60. The molecule has 0 radical (unpaired) electrons. The molecule has 0 bridgehead atoms. The molecule has 1 aliphatic rings. The van der Waals surface area contributed by atoms with Gasteiger partial charge in [-0.15, -0.1) is 0 Å². The van der Waals surface area contributed by atoms with Gasteiger partial charge in [0.2, 0.25) is 0 Å². The van der Waals surface area contributed by atoms with E-state index in [-0.39, 0.29) is 6.10 Å². The fraction of sp³-hybridized carbons (Fsp3) is 0.500. The lowest BCUT2D eigenvalue weighted by molar-refractivity contribution is 0.0904. The van der Waals surface area contributed by atoms with Crippen LogP contribution in [0.4, 0.5) is 0 Å². The van der Waals surface area contributed by atoms with Gasteiger partial charge in [0.25, 0.3) is 0 Å². The summed E-state index contributed by atoms with van der Waals surface area (Å²) >= 11 is 0. The second-order valence-corrected chi connectivity index (χ2v) is 5.46. The van der Waals surface area contributed by atoms with Crippen molar-refractivity contribution in [3.8, 4) is 0 Å². The minimum Gasteiger partial charge on any atom is -0.373 e. The second-order valence-electron chi connectivity index (χ2n) is 5.46. The lowest BCUT2D eigenvalue weighted by Crippen LogP contribution is -2.24. The monoisotopic (exact) mass is 286 g/mol. The summed E-state index contributed by atoms with van der Waals surface area (Å²) in [6, 6.07) is 4.06. The number of nitrogens with zero attached hydrogens (tertiary/aromatic N) is 3. The maximum atomic E-state index is 5.91. The highest BCUT2D eigenvalue weighted by molar-refractivity contribution is 5.12. The predicted molar refractivity (Wildman–Crippen MR) is 80.6 cm³/mol. The molecule has 3 heterocycles. The van der Waals surface area contributed by atoms with Gasteiger partial charge in [0.15, 0.2) is 0 Å². The third-order valence-electron chi connectivity index (χ3n) is 3.98. The van der Waals surface area contributed by atoms with Crippen molar-refractivity contribution in [3.63, 3.8) is 0 Å². The molecule has 2 aromatic rings. The van der Waals surface area contributed by atoms with Crippen LogP contribution in [0.15, 0.2) is 36.9 Å². The van der Waals surface area contributed by atoms with E-state index in [9.17, 15) is 0 Å². The number of ether oxygens (including phenoxy) is 1. The smallest absolute Gasteiger partial charge is 0.0896 e. The topological polar surface area (TPSA) is 52.0 Å². The molecule has 5 nitrogen and oxygen atoms in total. The van der Waals surface area contributed by atoms with Crippen molar-refractivity contribution < 1.29 is 4.74 Å². The van der Waals surface area contributed by atoms with Gasteiger partial charge in [-0.1, -0.05) is 6.07 Å². The number of rotatable bonds is 6. The van der Waals surface area contributed by atoms with Crippen LogP contribution in [0.1, 0.15) is 30.6 Å². The summed E-state index contributed by atoms with van der Waals surface area (Å²) in [5, 5.41) is 7.87. The van der Waals surface area contributed by atoms with Crippen LogP contribution in [0.3, 0.4) is 0 Å². The SMILES string of the molecule is CCn1cc([C@@H]2OCC[C@H]2CNCc2cccnc2)cn1. The van der Waals surface area contributed by atoms with E-state index in [0.717, 1.165) is 32.7 Å². The maximum Gasteiger partial charge on any atom is 0.0896 e. The van der Waals surface area contributed by atoms with Crippen molar-refractivity contribution in [2.45, 2.75) is 32.5 Å². The fourth-order valence-corrected chi connectivity index (χ4v) is 2.82. The molecule has 1 N–H and O–H groups in total. The Balaban J connectivity index is 1.54. The van der Waals surface area contributed by atoms with Gasteiger partial charge < -0.3 is 10.1 Å². The predicted octanol–water partition coefficient (Wildman–Crippen LogP) is 2.17. The number of hydrogen-bond acceptors (Lipinski definition) is 4. The second kappa shape index (κ2) is 6.83. The Morgan fingerprint density at radius 2 is 2.38 bits per heavy atom. The number of hydrogen-bond donors (Lipinski definition) is 1. The van der Waals surface area contributed by atoms with Crippen LogP contribution >= 0.6 is 0 Å². The molecule has 5 heteroatoms. The summed E-state index contributed by atoms with van der Waals surface area (Å²) in [6.07, 6.45) is 9.02. The molecule has 0 aliphatic carbocycles. The van der Waals surface area contributed by atoms with Crippen molar-refractivity contribution in [3.05, 3.63) is 48.0 Å². The van der Waals surface area contributed by atoms with Gasteiger partial charge in [0.05, 0.1) is 12.3 Å². The molecule has 112 valence electrons. The van der Waals surface area contributed by atoms with Gasteiger partial charge in [0, 0.05) is 56.3 Å². The zero-order valence-corrected chi connectivity index (χ0v) is 12.4. The molecule has 1 fully saturated rings. The van der Waals surface area contributed by atoms with E-state index in [1.54, 1.807) is 6.20 Å². The summed E-state index contributed by atoms with van der Waals surface area (Å²) in [7, 11) is 0. The van der Waals surface area contributed by atoms with E-state index in [1.165, 1.54) is 11.1 Å². The van der Waals surface area contributed by atoms with Gasteiger partial charge in [-0.2, -0.15) is 5.10 Å². The van der Waals surface area contributed by atoms with E-state index in [2.05, 4.69) is 34.6 Å². The number of aryl methyl sites for hydroxylation is 1. The molecular formula is C16H22N4O. The Labute approximate surface area is 125 Å². The summed E-state index contributed by atoms with van der Waals surface area (Å²) in [5.74, 6) is 0.510. The maximum absolute atomic E-state index is 5.91. The highest BCUT2D eigenvalue weighted by Gasteiger charge is 2.30. The Morgan fingerprint density at radius 1 is 1.43 bits per heavy atom. The lowest BCUT2D eigenvalue weighted by Gasteiger charge is -2.17. The van der Waals surface area contributed by atoms with E-state index in [0.29, 0.717) is 5.92 Å². The molecule has 0 unspecified atom stereocenters. The van der Waals surface area contributed by atoms with Crippen molar-refractivity contribution >= 4 is 0 Å². The van der Waals surface area contributed by atoms with Gasteiger partial charge in [-0.3, -0.25) is 9.67 Å². The fourth-order valence-electron chi connectivity index (χ4n) is 2.82. The van der Waals surface area contributed by atoms with E-state index < -0.39 is 0 Å². The minimum atomic E-state index is 0.173. The van der Waals surface area contributed by atoms with Gasteiger partial charge in [-0.05, 0) is 25.0 Å². The van der Waals surface area contributed by atoms with Gasteiger partial charge in [0.1, 0.15) is 0 Å². The zero-order valence-electron chi connectivity index (χ0n) is 12.4. The summed E-state index contributed by atoms with van der Waals surface area (Å²) in [6.45, 7) is 5.64. The Kier molecular flexibility index (Phi) is 4.62. The van der Waals surface area contributed by atoms with Crippen LogP contribution in [-0.4, -0.2) is 27.9 Å². The average molecular weight is 286 g/mol. The first-order chi connectivity index (χ1) is 10.4. The molecule has 0 saturated carbocycles. The van der Waals surface area contributed by atoms with Crippen LogP contribution in [0.25, 0.3) is 0 Å². The molecule has 0 amide bonds. The Morgan fingerprint density at radius 3 is 3.14 bits per heavy atom. The van der Waals surface area contributed by atoms with Crippen molar-refractivity contribution in [1.82, 2.24) is 20.1 Å². The van der Waals surface area contributed by atoms with E-state index in [4.69, 9.17) is 4.74 Å². The number of aromatic nitrogens is 3. The van der Waals surface area contributed by atoms with Crippen LogP contribution in [0, 0.1) is 5.92 Å². The highest BCUT2D eigenvalue weighted by Crippen LogP contribution is 2.33. The zero-order chi connectivity index (χ0) is 14.5. The molecule has 0 spiro atoms. The summed E-state index contributed by atoms with van der Waals surface area (Å²) in [4.78, 5) is 4.13. The van der Waals surface area contributed by atoms with Crippen LogP contribution in [0.5, 0.6) is 0 Å². The van der Waals surface area contributed by atoms with E-state index >= 15 is 0 Å². The Bertz CT molecular complexity index is 554. The molecular weight excluding hydrogens is 264 g/mol. The summed E-state index contributed by atoms with van der Waals surface area (Å²) < 4.78 is 7.86. The standard InChI is InChI=1S/C16H22N4O/c1-2-20-12-15(11-19-20)16-14(5-7-21-16)10-18-9-13-4-3-6-17-8-13/h3-4,6,8,11-12,14,16,18H,2,5,7,9-10H2,1H3/t14-,16+/m0/s1. The van der Waals surface area contributed by atoms with Crippen LogP contribution in [-0.2, 0) is 17.8 Å². The molecule has 3 rings (SSSR count). The van der Waals surface area contributed by atoms with Crippen molar-refractivity contribution in [1.29, 1.82) is 0 Å². The van der Waals surface area contributed by atoms with Crippen molar-refractivity contribution in [2.75, 3.05) is 13.2 Å². The third-order valence-corrected chi connectivity index (χ3v) is 3.98. The Hall–Kier alpha value is -1.72. The molecule has 0 aromatic carbocycles. The molecule has 21 heavy (non-hydrogen) atoms. The first kappa shape index (κ1) is 14.2. The quantitative estimate of drug-likeness (QED) is 0.884. The molecule has 2 aromatic heterocycles. The average Bonchev–Trinajstić information content (AvgIpc) is 3.16. The first-order valence-electron chi connectivity index (χ1n) is 7.60. The lowest BCUT2D eigenvalue weighted by atomic mass is 9.97. The van der Waals surface area contributed by atoms with Crippen molar-refractivity contribution in [2.24, 2.45) is 5.92 Å². The molecule has 2 atom stereocenters. The van der Waals surface area contributed by atoms with Crippen LogP contribution in [0.2, 0.25) is 0 Å². The van der Waals surface area contributed by atoms with Gasteiger partial charge in [-0.25, -0.2) is 0 Å². The van der Waals surface area contributed by atoms with E-state index in [1.807, 2.05) is 23.1 Å². The van der Waals surface area contributed by atoms with Crippen LogP contribution < -0.4 is 5.32 Å². The number of nitrogens with one attached hydrogen (secondary N) is 1. The normalized spacial score (nSPS) is 21.8. The number of pyridine rings is 1. The highest BCUT2D eigenvalue weighted by atomic mass is 16.5. The molecule has 1 aliphatic heterocycles. The largest absolute Gasteiger partial charge is 0.373 e. The minimum absolute atomic E-state index is 0.173.